The lowest BCUT2D eigenvalue weighted by Crippen LogP contribution is -2.34. The Morgan fingerprint density at radius 2 is 1.61 bits per heavy atom. The van der Waals surface area contributed by atoms with Crippen molar-refractivity contribution in [3.05, 3.63) is 42.5 Å². The van der Waals surface area contributed by atoms with Crippen LogP contribution in [0.2, 0.25) is 0 Å². The maximum absolute atomic E-state index is 13.1. The molecule has 0 heterocycles. The maximum Gasteiger partial charge on any atom is 0.243 e. The maximum atomic E-state index is 13.1. The predicted molar refractivity (Wildman–Crippen MR) is 96.2 cm³/mol. The van der Waals surface area contributed by atoms with Gasteiger partial charge in [0, 0.05) is 18.5 Å². The molecule has 0 radical (unpaired) electrons. The zero-order valence-electron chi connectivity index (χ0n) is 14.2. The molecule has 0 aliphatic rings. The molecule has 0 saturated carbocycles. The lowest BCUT2D eigenvalue weighted by atomic mass is 10.1. The van der Waals surface area contributed by atoms with Gasteiger partial charge in [-0.2, -0.15) is 4.31 Å². The number of fused-ring (bicyclic) bond motifs is 1. The molecule has 0 amide bonds. The van der Waals surface area contributed by atoms with Crippen LogP contribution in [0.15, 0.2) is 47.4 Å². The monoisotopic (exact) mass is 334 g/mol. The quantitative estimate of drug-likeness (QED) is 0.744. The molecule has 0 atom stereocenters. The van der Waals surface area contributed by atoms with Gasteiger partial charge in [0.1, 0.15) is 0 Å². The third-order valence-electron chi connectivity index (χ3n) is 3.85. The van der Waals surface area contributed by atoms with E-state index in [2.05, 4.69) is 4.90 Å². The van der Waals surface area contributed by atoms with Crippen LogP contribution < -0.4 is 0 Å². The summed E-state index contributed by atoms with van der Waals surface area (Å²) < 4.78 is 27.9. The molecule has 0 spiro atoms. The fourth-order valence-electron chi connectivity index (χ4n) is 2.72. The molecule has 0 unspecified atom stereocenters. The van der Waals surface area contributed by atoms with Crippen molar-refractivity contribution in [2.45, 2.75) is 24.7 Å². The first-order valence-corrected chi connectivity index (χ1v) is 9.53. The molecular formula is C18H26N2O2S. The van der Waals surface area contributed by atoms with Crippen LogP contribution >= 0.6 is 0 Å². The second kappa shape index (κ2) is 7.90. The van der Waals surface area contributed by atoms with Gasteiger partial charge in [-0.05, 0) is 44.9 Å². The van der Waals surface area contributed by atoms with E-state index in [1.807, 2.05) is 57.4 Å². The molecule has 0 saturated heterocycles. The predicted octanol–water partition coefficient (Wildman–Crippen LogP) is 3.19. The highest BCUT2D eigenvalue weighted by Gasteiger charge is 2.25. The number of nitrogens with zero attached hydrogens (tertiary/aromatic N) is 2. The van der Waals surface area contributed by atoms with Gasteiger partial charge in [-0.25, -0.2) is 8.42 Å². The van der Waals surface area contributed by atoms with Crippen LogP contribution in [-0.2, 0) is 10.0 Å². The number of benzene rings is 2. The molecule has 2 rings (SSSR count). The summed E-state index contributed by atoms with van der Waals surface area (Å²) in [5.41, 5.74) is 0. The van der Waals surface area contributed by atoms with Gasteiger partial charge in [0.05, 0.1) is 4.90 Å². The Labute approximate surface area is 139 Å². The average molecular weight is 334 g/mol. The molecule has 0 fully saturated rings. The second-order valence-corrected chi connectivity index (χ2v) is 7.94. The molecule has 0 bridgehead atoms. The van der Waals surface area contributed by atoms with Gasteiger partial charge in [-0.15, -0.1) is 0 Å². The molecule has 126 valence electrons. The lowest BCUT2D eigenvalue weighted by Gasteiger charge is -2.23. The number of hydrogen-bond donors (Lipinski definition) is 0. The Balaban J connectivity index is 2.35. The summed E-state index contributed by atoms with van der Waals surface area (Å²) in [5, 5.41) is 1.75. The Morgan fingerprint density at radius 1 is 0.913 bits per heavy atom. The fraction of sp³-hybridized carbons (Fsp3) is 0.444. The Kier molecular flexibility index (Phi) is 6.16. The van der Waals surface area contributed by atoms with Gasteiger partial charge in [0.2, 0.25) is 10.0 Å². The molecule has 4 nitrogen and oxygen atoms in total. The molecule has 2 aromatic rings. The van der Waals surface area contributed by atoms with E-state index >= 15 is 0 Å². The zero-order chi connectivity index (χ0) is 16.9. The summed E-state index contributed by atoms with van der Waals surface area (Å²) in [6.07, 6.45) is 1.64. The molecule has 0 aliphatic carbocycles. The number of rotatable bonds is 8. The van der Waals surface area contributed by atoms with E-state index in [-0.39, 0.29) is 0 Å². The third-order valence-corrected chi connectivity index (χ3v) is 5.81. The molecule has 23 heavy (non-hydrogen) atoms. The highest BCUT2D eigenvalue weighted by molar-refractivity contribution is 7.89. The van der Waals surface area contributed by atoms with E-state index in [0.29, 0.717) is 18.0 Å². The lowest BCUT2D eigenvalue weighted by molar-refractivity contribution is 0.349. The van der Waals surface area contributed by atoms with Gasteiger partial charge in [0.15, 0.2) is 0 Å². The van der Waals surface area contributed by atoms with Crippen molar-refractivity contribution in [2.75, 3.05) is 33.7 Å². The Morgan fingerprint density at radius 3 is 2.30 bits per heavy atom. The minimum atomic E-state index is -3.47. The first-order chi connectivity index (χ1) is 11.0. The standard InChI is InChI=1S/C18H26N2O2S/c1-4-13-20(15-8-14-19(2)3)23(21,22)18-12-7-10-16-9-5-6-11-17(16)18/h5-7,9-12H,4,8,13-15H2,1-3H3. The summed E-state index contributed by atoms with van der Waals surface area (Å²) in [7, 11) is 0.534. The van der Waals surface area contributed by atoms with Gasteiger partial charge in [-0.1, -0.05) is 43.3 Å². The smallest absolute Gasteiger partial charge is 0.243 e. The van der Waals surface area contributed by atoms with Crippen LogP contribution in [0.1, 0.15) is 19.8 Å². The van der Waals surface area contributed by atoms with Crippen LogP contribution in [0, 0.1) is 0 Å². The van der Waals surface area contributed by atoms with E-state index in [0.717, 1.165) is 30.2 Å². The summed E-state index contributed by atoms with van der Waals surface area (Å²) in [4.78, 5) is 2.49. The molecular weight excluding hydrogens is 308 g/mol. The van der Waals surface area contributed by atoms with Gasteiger partial charge < -0.3 is 4.90 Å². The SMILES string of the molecule is CCCN(CCCN(C)C)S(=O)(=O)c1cccc2ccccc12. The minimum absolute atomic E-state index is 0.411. The summed E-state index contributed by atoms with van der Waals surface area (Å²) in [5.74, 6) is 0. The first kappa shape index (κ1) is 17.9. The van der Waals surface area contributed by atoms with E-state index in [1.165, 1.54) is 0 Å². The van der Waals surface area contributed by atoms with Crippen LogP contribution in [0.5, 0.6) is 0 Å². The van der Waals surface area contributed by atoms with E-state index in [1.54, 1.807) is 10.4 Å². The van der Waals surface area contributed by atoms with Crippen molar-refractivity contribution < 1.29 is 8.42 Å². The topological polar surface area (TPSA) is 40.6 Å². The van der Waals surface area contributed by atoms with E-state index in [4.69, 9.17) is 0 Å². The van der Waals surface area contributed by atoms with Crippen molar-refractivity contribution in [1.29, 1.82) is 0 Å². The zero-order valence-corrected chi connectivity index (χ0v) is 15.0. The summed E-state index contributed by atoms with van der Waals surface area (Å²) in [6.45, 7) is 4.00. The number of sulfonamides is 1. The van der Waals surface area contributed by atoms with E-state index in [9.17, 15) is 8.42 Å². The van der Waals surface area contributed by atoms with E-state index < -0.39 is 10.0 Å². The normalized spacial score (nSPS) is 12.4. The molecule has 2 aromatic carbocycles. The van der Waals surface area contributed by atoms with Crippen LogP contribution in [-0.4, -0.2) is 51.4 Å². The van der Waals surface area contributed by atoms with Gasteiger partial charge in [0.25, 0.3) is 0 Å². The Bertz CT molecular complexity index is 736. The van der Waals surface area contributed by atoms with Gasteiger partial charge >= 0.3 is 0 Å². The van der Waals surface area contributed by atoms with Crippen LogP contribution in [0.25, 0.3) is 10.8 Å². The van der Waals surface area contributed by atoms with Crippen molar-refractivity contribution in [1.82, 2.24) is 9.21 Å². The van der Waals surface area contributed by atoms with Crippen molar-refractivity contribution >= 4 is 20.8 Å². The van der Waals surface area contributed by atoms with Crippen molar-refractivity contribution in [3.8, 4) is 0 Å². The van der Waals surface area contributed by atoms with Gasteiger partial charge in [-0.3, -0.25) is 0 Å². The third kappa shape index (κ3) is 4.31. The minimum Gasteiger partial charge on any atom is -0.309 e. The average Bonchev–Trinajstić information content (AvgIpc) is 2.53. The summed E-state index contributed by atoms with van der Waals surface area (Å²) in [6, 6.07) is 13.1. The van der Waals surface area contributed by atoms with Crippen LogP contribution in [0.4, 0.5) is 0 Å². The first-order valence-electron chi connectivity index (χ1n) is 8.09. The van der Waals surface area contributed by atoms with Crippen molar-refractivity contribution in [3.63, 3.8) is 0 Å². The molecule has 0 aliphatic heterocycles. The highest BCUT2D eigenvalue weighted by atomic mass is 32.2. The summed E-state index contributed by atoms with van der Waals surface area (Å²) >= 11 is 0. The second-order valence-electron chi connectivity index (χ2n) is 6.04. The molecule has 0 N–H and O–H groups in total. The highest BCUT2D eigenvalue weighted by Crippen LogP contribution is 2.26. The fourth-order valence-corrected chi connectivity index (χ4v) is 4.51. The number of hydrogen-bond acceptors (Lipinski definition) is 3. The largest absolute Gasteiger partial charge is 0.309 e. The van der Waals surface area contributed by atoms with Crippen molar-refractivity contribution in [2.24, 2.45) is 0 Å². The van der Waals surface area contributed by atoms with Crippen LogP contribution in [0.3, 0.4) is 0 Å². The Hall–Kier alpha value is -1.43. The molecule has 5 heteroatoms. The molecule has 0 aromatic heterocycles.